The van der Waals surface area contributed by atoms with Crippen molar-refractivity contribution in [2.75, 3.05) is 0 Å². The summed E-state index contributed by atoms with van der Waals surface area (Å²) in [4.78, 5) is 0. The van der Waals surface area contributed by atoms with Crippen molar-refractivity contribution in [2.45, 2.75) is 38.9 Å². The van der Waals surface area contributed by atoms with Gasteiger partial charge in [0.05, 0.1) is 17.3 Å². The summed E-state index contributed by atoms with van der Waals surface area (Å²) in [5.41, 5.74) is -1.07. The number of hydrogen-bond acceptors (Lipinski definition) is 1. The van der Waals surface area contributed by atoms with Crippen LogP contribution in [0.15, 0.2) is 12.4 Å². The zero-order valence-electron chi connectivity index (χ0n) is 8.39. The van der Waals surface area contributed by atoms with Crippen LogP contribution in [-0.2, 0) is 11.7 Å². The maximum atomic E-state index is 12.2. The van der Waals surface area contributed by atoms with Gasteiger partial charge in [0.2, 0.25) is 0 Å². The monoisotopic (exact) mass is 206 g/mol. The molecule has 0 radical (unpaired) electrons. The minimum Gasteiger partial charge on any atom is -0.267 e. The number of alkyl halides is 3. The van der Waals surface area contributed by atoms with E-state index in [2.05, 4.69) is 5.10 Å². The van der Waals surface area contributed by atoms with E-state index in [1.165, 1.54) is 4.68 Å². The Morgan fingerprint density at radius 2 is 1.93 bits per heavy atom. The van der Waals surface area contributed by atoms with Gasteiger partial charge in [0.1, 0.15) is 0 Å². The third-order valence-electron chi connectivity index (χ3n) is 2.40. The minimum atomic E-state index is -4.30. The van der Waals surface area contributed by atoms with Crippen LogP contribution in [0.1, 0.15) is 32.8 Å². The molecule has 0 N–H and O–H groups in total. The van der Waals surface area contributed by atoms with Crippen LogP contribution in [0.5, 0.6) is 0 Å². The number of nitrogens with zero attached hydrogens (tertiary/aromatic N) is 2. The fourth-order valence-electron chi connectivity index (χ4n) is 0.962. The van der Waals surface area contributed by atoms with Crippen LogP contribution in [0.25, 0.3) is 0 Å². The molecule has 1 aromatic heterocycles. The summed E-state index contributed by atoms with van der Waals surface area (Å²) in [5.74, 6) is 0. The van der Waals surface area contributed by atoms with Crippen LogP contribution >= 0.6 is 0 Å². The first-order chi connectivity index (χ1) is 6.27. The number of hydrogen-bond donors (Lipinski definition) is 0. The van der Waals surface area contributed by atoms with Crippen LogP contribution < -0.4 is 0 Å². The van der Waals surface area contributed by atoms with Crippen molar-refractivity contribution in [2.24, 2.45) is 0 Å². The zero-order valence-corrected chi connectivity index (χ0v) is 8.39. The summed E-state index contributed by atoms with van der Waals surface area (Å²) in [5, 5.41) is 3.72. The normalized spacial score (nSPS) is 13.3. The van der Waals surface area contributed by atoms with E-state index < -0.39 is 11.7 Å². The van der Waals surface area contributed by atoms with Crippen LogP contribution in [-0.4, -0.2) is 9.78 Å². The Morgan fingerprint density at radius 1 is 1.36 bits per heavy atom. The average Bonchev–Trinajstić information content (AvgIpc) is 2.51. The minimum absolute atomic E-state index is 0.372. The van der Waals surface area contributed by atoms with E-state index in [4.69, 9.17) is 0 Å². The van der Waals surface area contributed by atoms with E-state index in [9.17, 15) is 13.2 Å². The van der Waals surface area contributed by atoms with Gasteiger partial charge in [-0.2, -0.15) is 18.3 Å². The summed E-state index contributed by atoms with van der Waals surface area (Å²) < 4.78 is 38.1. The Balaban J connectivity index is 3.00. The van der Waals surface area contributed by atoms with Crippen molar-refractivity contribution >= 4 is 0 Å². The highest BCUT2D eigenvalue weighted by molar-refractivity contribution is 5.09. The molecule has 0 aromatic carbocycles. The van der Waals surface area contributed by atoms with E-state index in [0.717, 1.165) is 18.8 Å². The van der Waals surface area contributed by atoms with Crippen LogP contribution in [0, 0.1) is 0 Å². The standard InChI is InChI=1S/C9H13F3N2/c1-4-8(2,3)14-6-7(5-13-14)9(10,11)12/h5-6H,4H2,1-3H3. The third kappa shape index (κ3) is 2.08. The largest absolute Gasteiger partial charge is 0.419 e. The summed E-state index contributed by atoms with van der Waals surface area (Å²) in [6, 6.07) is 0. The van der Waals surface area contributed by atoms with E-state index in [0.29, 0.717) is 0 Å². The molecule has 1 rings (SSSR count). The molecular formula is C9H13F3N2. The van der Waals surface area contributed by atoms with Crippen molar-refractivity contribution in [1.82, 2.24) is 9.78 Å². The summed E-state index contributed by atoms with van der Waals surface area (Å²) >= 11 is 0. The number of rotatable bonds is 2. The van der Waals surface area contributed by atoms with Crippen molar-refractivity contribution in [3.05, 3.63) is 18.0 Å². The molecule has 0 atom stereocenters. The molecule has 0 aliphatic heterocycles. The predicted molar refractivity (Wildman–Crippen MR) is 46.8 cm³/mol. The average molecular weight is 206 g/mol. The Bertz CT molecular complexity index is 312. The highest BCUT2D eigenvalue weighted by Gasteiger charge is 2.33. The molecule has 5 heteroatoms. The molecule has 80 valence electrons. The fraction of sp³-hybridized carbons (Fsp3) is 0.667. The molecule has 2 nitrogen and oxygen atoms in total. The second-order valence-electron chi connectivity index (χ2n) is 3.84. The second-order valence-corrected chi connectivity index (χ2v) is 3.84. The highest BCUT2D eigenvalue weighted by atomic mass is 19.4. The molecule has 14 heavy (non-hydrogen) atoms. The quantitative estimate of drug-likeness (QED) is 0.727. The van der Waals surface area contributed by atoms with Crippen molar-refractivity contribution < 1.29 is 13.2 Å². The van der Waals surface area contributed by atoms with Gasteiger partial charge in [-0.3, -0.25) is 4.68 Å². The Morgan fingerprint density at radius 3 is 2.29 bits per heavy atom. The smallest absolute Gasteiger partial charge is 0.267 e. The lowest BCUT2D eigenvalue weighted by molar-refractivity contribution is -0.137. The van der Waals surface area contributed by atoms with Crippen LogP contribution in [0.4, 0.5) is 13.2 Å². The molecule has 0 aliphatic carbocycles. The van der Waals surface area contributed by atoms with Gasteiger partial charge in [-0.25, -0.2) is 0 Å². The molecule has 0 bridgehead atoms. The molecule has 0 amide bonds. The first-order valence-electron chi connectivity index (χ1n) is 4.39. The SMILES string of the molecule is CCC(C)(C)n1cc(C(F)(F)F)cn1. The molecule has 0 saturated carbocycles. The fourth-order valence-corrected chi connectivity index (χ4v) is 0.962. The van der Waals surface area contributed by atoms with Gasteiger partial charge in [-0.1, -0.05) is 6.92 Å². The topological polar surface area (TPSA) is 17.8 Å². The molecule has 0 aliphatic rings. The van der Waals surface area contributed by atoms with E-state index in [1.54, 1.807) is 0 Å². The van der Waals surface area contributed by atoms with Gasteiger partial charge in [-0.15, -0.1) is 0 Å². The Hall–Kier alpha value is -1.00. The van der Waals surface area contributed by atoms with Gasteiger partial charge in [-0.05, 0) is 20.3 Å². The van der Waals surface area contributed by atoms with Gasteiger partial charge >= 0.3 is 6.18 Å². The molecule has 0 spiro atoms. The lowest BCUT2D eigenvalue weighted by Gasteiger charge is -2.23. The molecule has 1 aromatic rings. The maximum absolute atomic E-state index is 12.2. The molecular weight excluding hydrogens is 193 g/mol. The number of halogens is 3. The maximum Gasteiger partial charge on any atom is 0.419 e. The van der Waals surface area contributed by atoms with Crippen molar-refractivity contribution in [3.8, 4) is 0 Å². The summed E-state index contributed by atoms with van der Waals surface area (Å²) in [6.45, 7) is 5.61. The van der Waals surface area contributed by atoms with E-state index in [1.807, 2.05) is 20.8 Å². The highest BCUT2D eigenvalue weighted by Crippen LogP contribution is 2.30. The lowest BCUT2D eigenvalue weighted by atomic mass is 10.0. The van der Waals surface area contributed by atoms with E-state index >= 15 is 0 Å². The van der Waals surface area contributed by atoms with Gasteiger partial charge in [0.15, 0.2) is 0 Å². The molecule has 0 fully saturated rings. The van der Waals surface area contributed by atoms with E-state index in [-0.39, 0.29) is 5.54 Å². The predicted octanol–water partition coefficient (Wildman–Crippen LogP) is 3.05. The zero-order chi connectivity index (χ0) is 11.0. The molecule has 0 saturated heterocycles. The van der Waals surface area contributed by atoms with Gasteiger partial charge < -0.3 is 0 Å². The van der Waals surface area contributed by atoms with Crippen molar-refractivity contribution in [3.63, 3.8) is 0 Å². The van der Waals surface area contributed by atoms with Crippen LogP contribution in [0.2, 0.25) is 0 Å². The van der Waals surface area contributed by atoms with Gasteiger partial charge in [0, 0.05) is 6.20 Å². The Kier molecular flexibility index (Phi) is 2.61. The van der Waals surface area contributed by atoms with Gasteiger partial charge in [0.25, 0.3) is 0 Å². The second kappa shape index (κ2) is 3.29. The first kappa shape index (κ1) is 11.1. The summed E-state index contributed by atoms with van der Waals surface area (Å²) in [6.07, 6.45) is -1.67. The summed E-state index contributed by atoms with van der Waals surface area (Å²) in [7, 11) is 0. The first-order valence-corrected chi connectivity index (χ1v) is 4.39. The van der Waals surface area contributed by atoms with Crippen LogP contribution in [0.3, 0.4) is 0 Å². The van der Waals surface area contributed by atoms with Crippen molar-refractivity contribution in [1.29, 1.82) is 0 Å². The number of aromatic nitrogens is 2. The Labute approximate surface area is 80.7 Å². The lowest BCUT2D eigenvalue weighted by Crippen LogP contribution is -2.25. The third-order valence-corrected chi connectivity index (χ3v) is 2.40. The molecule has 0 unspecified atom stereocenters. The molecule has 1 heterocycles.